The van der Waals surface area contributed by atoms with E-state index in [-0.39, 0.29) is 25.0 Å². The van der Waals surface area contributed by atoms with Crippen LogP contribution in [0, 0.1) is 13.8 Å². The second-order valence-corrected chi connectivity index (χ2v) is 4.97. The predicted octanol–water partition coefficient (Wildman–Crippen LogP) is 1.41. The van der Waals surface area contributed by atoms with E-state index in [1.54, 1.807) is 6.07 Å². The number of carbonyl (C=O) groups excluding carboxylic acids is 2. The predicted molar refractivity (Wildman–Crippen MR) is 72.3 cm³/mol. The summed E-state index contributed by atoms with van der Waals surface area (Å²) in [6.07, 6.45) is 0. The number of aryl methyl sites for hydroxylation is 2. The monoisotopic (exact) mass is 282 g/mol. The fraction of sp³-hybridized carbons (Fsp3) is 0.385. The molecule has 1 fully saturated rings. The van der Waals surface area contributed by atoms with Crippen LogP contribution in [-0.2, 0) is 14.3 Å². The quantitative estimate of drug-likeness (QED) is 0.862. The molecule has 1 heterocycles. The van der Waals surface area contributed by atoms with Crippen LogP contribution >= 0.6 is 11.6 Å². The lowest BCUT2D eigenvalue weighted by atomic mass is 10.1. The minimum absolute atomic E-state index is 0.00586. The highest BCUT2D eigenvalue weighted by Crippen LogP contribution is 2.27. The van der Waals surface area contributed by atoms with Crippen molar-refractivity contribution in [3.05, 3.63) is 28.3 Å². The minimum Gasteiger partial charge on any atom is -0.369 e. The fourth-order valence-corrected chi connectivity index (χ4v) is 2.34. The van der Waals surface area contributed by atoms with Gasteiger partial charge < -0.3 is 15.4 Å². The third-order valence-electron chi connectivity index (χ3n) is 2.85. The van der Waals surface area contributed by atoms with Crippen molar-refractivity contribution in [2.45, 2.75) is 19.9 Å². The van der Waals surface area contributed by atoms with Crippen molar-refractivity contribution in [3.63, 3.8) is 0 Å². The highest BCUT2D eigenvalue weighted by Gasteiger charge is 2.26. The van der Waals surface area contributed by atoms with Crippen LogP contribution in [0.25, 0.3) is 0 Å². The van der Waals surface area contributed by atoms with Crippen molar-refractivity contribution in [3.8, 4) is 0 Å². The first-order chi connectivity index (χ1) is 8.97. The molecule has 0 spiro atoms. The van der Waals surface area contributed by atoms with Crippen molar-refractivity contribution in [2.75, 3.05) is 18.5 Å². The topological polar surface area (TPSA) is 67.4 Å². The van der Waals surface area contributed by atoms with Crippen LogP contribution in [0.4, 0.5) is 5.69 Å². The number of anilines is 1. The van der Waals surface area contributed by atoms with Gasteiger partial charge in [0.05, 0.1) is 17.3 Å². The number of morpholine rings is 1. The Labute approximate surface area is 116 Å². The van der Waals surface area contributed by atoms with E-state index >= 15 is 0 Å². The summed E-state index contributed by atoms with van der Waals surface area (Å²) in [5.74, 6) is -0.625. The van der Waals surface area contributed by atoms with Crippen LogP contribution in [0.15, 0.2) is 12.1 Å². The van der Waals surface area contributed by atoms with Crippen LogP contribution < -0.4 is 10.6 Å². The summed E-state index contributed by atoms with van der Waals surface area (Å²) in [6.45, 7) is 3.96. The first-order valence-electron chi connectivity index (χ1n) is 5.92. The van der Waals surface area contributed by atoms with Gasteiger partial charge in [-0.25, -0.2) is 0 Å². The molecule has 1 unspecified atom stereocenters. The number of nitrogens with one attached hydrogen (secondary N) is 2. The van der Waals surface area contributed by atoms with E-state index in [9.17, 15) is 9.59 Å². The molecule has 0 aliphatic carbocycles. The van der Waals surface area contributed by atoms with Gasteiger partial charge in [-0.05, 0) is 31.0 Å². The van der Waals surface area contributed by atoms with E-state index in [4.69, 9.17) is 16.3 Å². The SMILES string of the molecule is Cc1cc(C)c(NC(=O)C2COCC(=O)N2)c(Cl)c1. The van der Waals surface area contributed by atoms with Gasteiger partial charge in [-0.15, -0.1) is 0 Å². The van der Waals surface area contributed by atoms with Crippen molar-refractivity contribution in [1.29, 1.82) is 0 Å². The van der Waals surface area contributed by atoms with Crippen LogP contribution in [0.5, 0.6) is 0 Å². The van der Waals surface area contributed by atoms with Crippen LogP contribution in [0.2, 0.25) is 5.02 Å². The molecule has 0 saturated carbocycles. The lowest BCUT2D eigenvalue weighted by Gasteiger charge is -2.23. The van der Waals surface area contributed by atoms with E-state index in [0.717, 1.165) is 11.1 Å². The molecule has 102 valence electrons. The normalized spacial score (nSPS) is 18.9. The zero-order valence-electron chi connectivity index (χ0n) is 10.7. The Hall–Kier alpha value is -1.59. The fourth-order valence-electron chi connectivity index (χ4n) is 1.97. The van der Waals surface area contributed by atoms with E-state index in [2.05, 4.69) is 10.6 Å². The van der Waals surface area contributed by atoms with Gasteiger partial charge in [-0.2, -0.15) is 0 Å². The number of hydrogen-bond donors (Lipinski definition) is 2. The number of rotatable bonds is 2. The number of halogens is 1. The summed E-state index contributed by atoms with van der Waals surface area (Å²) in [7, 11) is 0. The Kier molecular flexibility index (Phi) is 4.07. The van der Waals surface area contributed by atoms with Crippen molar-refractivity contribution >= 4 is 29.1 Å². The molecule has 2 amide bonds. The smallest absolute Gasteiger partial charge is 0.249 e. The molecule has 1 aliphatic rings. The first kappa shape index (κ1) is 13.8. The maximum atomic E-state index is 12.0. The highest BCUT2D eigenvalue weighted by molar-refractivity contribution is 6.34. The van der Waals surface area contributed by atoms with Gasteiger partial charge in [0, 0.05) is 0 Å². The Morgan fingerprint density at radius 3 is 2.84 bits per heavy atom. The van der Waals surface area contributed by atoms with Crippen LogP contribution in [0.1, 0.15) is 11.1 Å². The number of carbonyl (C=O) groups is 2. The largest absolute Gasteiger partial charge is 0.369 e. The molecule has 19 heavy (non-hydrogen) atoms. The van der Waals surface area contributed by atoms with Gasteiger partial charge in [0.2, 0.25) is 11.8 Å². The summed E-state index contributed by atoms with van der Waals surface area (Å²) in [6, 6.07) is 3.02. The molecule has 1 aliphatic heterocycles. The lowest BCUT2D eigenvalue weighted by Crippen LogP contribution is -2.52. The maximum Gasteiger partial charge on any atom is 0.249 e. The van der Waals surface area contributed by atoms with E-state index < -0.39 is 6.04 Å². The number of amides is 2. The second kappa shape index (κ2) is 5.59. The molecular formula is C13H15ClN2O3. The Balaban J connectivity index is 2.13. The Bertz CT molecular complexity index is 508. The molecule has 0 aromatic heterocycles. The number of ether oxygens (including phenoxy) is 1. The Morgan fingerprint density at radius 1 is 1.47 bits per heavy atom. The molecule has 1 aromatic rings. The summed E-state index contributed by atoms with van der Waals surface area (Å²) in [5.41, 5.74) is 2.47. The van der Waals surface area contributed by atoms with E-state index in [1.165, 1.54) is 0 Å². The molecule has 2 N–H and O–H groups in total. The zero-order chi connectivity index (χ0) is 14.0. The zero-order valence-corrected chi connectivity index (χ0v) is 11.5. The number of hydrogen-bond acceptors (Lipinski definition) is 3. The third kappa shape index (κ3) is 3.24. The van der Waals surface area contributed by atoms with Gasteiger partial charge in [0.1, 0.15) is 12.6 Å². The summed E-state index contributed by atoms with van der Waals surface area (Å²) < 4.78 is 5.03. The van der Waals surface area contributed by atoms with E-state index in [0.29, 0.717) is 10.7 Å². The molecule has 0 bridgehead atoms. The van der Waals surface area contributed by atoms with Crippen LogP contribution in [-0.4, -0.2) is 31.1 Å². The molecule has 1 atom stereocenters. The Morgan fingerprint density at radius 2 is 2.21 bits per heavy atom. The third-order valence-corrected chi connectivity index (χ3v) is 3.15. The minimum atomic E-state index is -0.682. The summed E-state index contributed by atoms with van der Waals surface area (Å²) in [4.78, 5) is 23.2. The van der Waals surface area contributed by atoms with Gasteiger partial charge in [-0.1, -0.05) is 17.7 Å². The summed E-state index contributed by atoms with van der Waals surface area (Å²) >= 11 is 6.11. The molecular weight excluding hydrogens is 268 g/mol. The molecule has 1 saturated heterocycles. The lowest BCUT2D eigenvalue weighted by molar-refractivity contribution is -0.136. The van der Waals surface area contributed by atoms with Gasteiger partial charge in [0.15, 0.2) is 0 Å². The molecule has 6 heteroatoms. The van der Waals surface area contributed by atoms with Crippen molar-refractivity contribution < 1.29 is 14.3 Å². The van der Waals surface area contributed by atoms with Gasteiger partial charge >= 0.3 is 0 Å². The molecule has 5 nitrogen and oxygen atoms in total. The number of benzene rings is 1. The van der Waals surface area contributed by atoms with Crippen LogP contribution in [0.3, 0.4) is 0 Å². The maximum absolute atomic E-state index is 12.0. The van der Waals surface area contributed by atoms with Gasteiger partial charge in [-0.3, -0.25) is 9.59 Å². The van der Waals surface area contributed by atoms with E-state index in [1.807, 2.05) is 19.9 Å². The molecule has 1 aromatic carbocycles. The average molecular weight is 283 g/mol. The average Bonchev–Trinajstić information content (AvgIpc) is 2.33. The standard InChI is InChI=1S/C13H15ClN2O3/c1-7-3-8(2)12(9(14)4-7)16-13(18)10-5-19-6-11(17)15-10/h3-4,10H,5-6H2,1-2H3,(H,15,17)(H,16,18). The van der Waals surface area contributed by atoms with Gasteiger partial charge in [0.25, 0.3) is 0 Å². The first-order valence-corrected chi connectivity index (χ1v) is 6.30. The van der Waals surface area contributed by atoms with Crippen molar-refractivity contribution in [2.24, 2.45) is 0 Å². The molecule has 2 rings (SSSR count). The van der Waals surface area contributed by atoms with Crippen molar-refractivity contribution in [1.82, 2.24) is 5.32 Å². The summed E-state index contributed by atoms with van der Waals surface area (Å²) in [5, 5.41) is 5.78. The second-order valence-electron chi connectivity index (χ2n) is 4.56. The molecule has 0 radical (unpaired) electrons. The highest BCUT2D eigenvalue weighted by atomic mass is 35.5.